The van der Waals surface area contributed by atoms with Crippen LogP contribution in [0.15, 0.2) is 0 Å². The first-order valence-corrected chi connectivity index (χ1v) is 5.06. The molecule has 0 saturated carbocycles. The van der Waals surface area contributed by atoms with Gasteiger partial charge in [0, 0.05) is 0 Å². The number of ether oxygens (including phenoxy) is 2. The Hall–Kier alpha value is -1.26. The van der Waals surface area contributed by atoms with Crippen molar-refractivity contribution in [3.63, 3.8) is 0 Å². The predicted octanol–water partition coefficient (Wildman–Crippen LogP) is -2.63. The van der Waals surface area contributed by atoms with E-state index in [-0.39, 0.29) is 0 Å². The van der Waals surface area contributed by atoms with Crippen LogP contribution in [-0.2, 0) is 19.1 Å². The van der Waals surface area contributed by atoms with Crippen molar-refractivity contribution in [2.24, 2.45) is 0 Å². The van der Waals surface area contributed by atoms with Gasteiger partial charge in [-0.3, -0.25) is 0 Å². The highest BCUT2D eigenvalue weighted by Gasteiger charge is 2.48. The normalized spacial score (nSPS) is 38.1. The summed E-state index contributed by atoms with van der Waals surface area (Å²) in [6.45, 7) is 1.14. The van der Waals surface area contributed by atoms with Crippen LogP contribution in [0.1, 0.15) is 6.92 Å². The van der Waals surface area contributed by atoms with E-state index in [9.17, 15) is 24.9 Å². The summed E-state index contributed by atoms with van der Waals surface area (Å²) >= 11 is 0. The SMILES string of the molecule is CC(O[C@@H]1OC(C(=O)O)[C@@H](O)C(O)C1O)C(=O)O. The van der Waals surface area contributed by atoms with E-state index in [0.717, 1.165) is 6.92 Å². The first-order valence-electron chi connectivity index (χ1n) is 5.06. The standard InChI is InChI=1S/C9H14O9/c1-2(7(13)14)17-9-5(12)3(10)4(11)6(18-9)8(15)16/h2-6,9-12H,1H3,(H,13,14)(H,15,16)/t2?,3?,4-,5?,6?,9+/m0/s1. The van der Waals surface area contributed by atoms with Crippen molar-refractivity contribution in [3.8, 4) is 0 Å². The van der Waals surface area contributed by atoms with Gasteiger partial charge in [0.1, 0.15) is 18.3 Å². The number of aliphatic hydroxyl groups is 3. The van der Waals surface area contributed by atoms with Crippen molar-refractivity contribution >= 4 is 11.9 Å². The summed E-state index contributed by atoms with van der Waals surface area (Å²) in [5.41, 5.74) is 0. The van der Waals surface area contributed by atoms with Crippen molar-refractivity contribution in [1.82, 2.24) is 0 Å². The van der Waals surface area contributed by atoms with Crippen LogP contribution in [0, 0.1) is 0 Å². The fourth-order valence-electron chi connectivity index (χ4n) is 1.42. The molecule has 1 heterocycles. The maximum absolute atomic E-state index is 10.7. The molecule has 0 bridgehead atoms. The molecule has 1 rings (SSSR count). The second kappa shape index (κ2) is 5.59. The highest BCUT2D eigenvalue weighted by molar-refractivity contribution is 5.73. The number of carbonyl (C=O) groups is 2. The molecule has 0 spiro atoms. The molecule has 104 valence electrons. The molecule has 0 aromatic carbocycles. The predicted molar refractivity (Wildman–Crippen MR) is 52.5 cm³/mol. The van der Waals surface area contributed by atoms with Gasteiger partial charge < -0.3 is 35.0 Å². The lowest BCUT2D eigenvalue weighted by Crippen LogP contribution is -2.61. The number of carboxylic acids is 2. The summed E-state index contributed by atoms with van der Waals surface area (Å²) in [7, 11) is 0. The largest absolute Gasteiger partial charge is 0.479 e. The summed E-state index contributed by atoms with van der Waals surface area (Å²) in [6, 6.07) is 0. The zero-order valence-corrected chi connectivity index (χ0v) is 9.33. The molecule has 9 nitrogen and oxygen atoms in total. The van der Waals surface area contributed by atoms with Gasteiger partial charge in [-0.05, 0) is 6.92 Å². The smallest absolute Gasteiger partial charge is 0.335 e. The van der Waals surface area contributed by atoms with Crippen LogP contribution >= 0.6 is 0 Å². The molecule has 1 aliphatic heterocycles. The number of aliphatic hydroxyl groups excluding tert-OH is 3. The minimum Gasteiger partial charge on any atom is -0.479 e. The molecule has 0 aliphatic carbocycles. The van der Waals surface area contributed by atoms with Crippen molar-refractivity contribution in [2.75, 3.05) is 0 Å². The van der Waals surface area contributed by atoms with Gasteiger partial charge in [0.2, 0.25) is 0 Å². The summed E-state index contributed by atoms with van der Waals surface area (Å²) in [6.07, 6.45) is -10.2. The van der Waals surface area contributed by atoms with Crippen LogP contribution in [0.2, 0.25) is 0 Å². The van der Waals surface area contributed by atoms with Gasteiger partial charge >= 0.3 is 11.9 Å². The van der Waals surface area contributed by atoms with E-state index in [1.807, 2.05) is 0 Å². The highest BCUT2D eigenvalue weighted by atomic mass is 16.7. The average Bonchev–Trinajstić information content (AvgIpc) is 2.29. The zero-order valence-electron chi connectivity index (χ0n) is 9.33. The molecule has 1 aliphatic rings. The third-order valence-corrected chi connectivity index (χ3v) is 2.50. The first kappa shape index (κ1) is 14.8. The third kappa shape index (κ3) is 2.94. The molecule has 9 heteroatoms. The Labute approximate surface area is 101 Å². The second-order valence-electron chi connectivity index (χ2n) is 3.85. The van der Waals surface area contributed by atoms with Crippen molar-refractivity contribution in [3.05, 3.63) is 0 Å². The van der Waals surface area contributed by atoms with Gasteiger partial charge in [-0.25, -0.2) is 9.59 Å². The second-order valence-corrected chi connectivity index (χ2v) is 3.85. The Morgan fingerprint density at radius 3 is 2.11 bits per heavy atom. The van der Waals surface area contributed by atoms with Crippen molar-refractivity contribution in [2.45, 2.75) is 43.7 Å². The lowest BCUT2D eigenvalue weighted by Gasteiger charge is -2.38. The highest BCUT2D eigenvalue weighted by Crippen LogP contribution is 2.23. The van der Waals surface area contributed by atoms with E-state index >= 15 is 0 Å². The minimum atomic E-state index is -1.84. The van der Waals surface area contributed by atoms with Crippen LogP contribution in [0.3, 0.4) is 0 Å². The topological polar surface area (TPSA) is 154 Å². The zero-order chi connectivity index (χ0) is 14.0. The van der Waals surface area contributed by atoms with Crippen LogP contribution in [0.4, 0.5) is 0 Å². The molecule has 0 aromatic rings. The molecule has 1 saturated heterocycles. The molecule has 0 aromatic heterocycles. The van der Waals surface area contributed by atoms with Gasteiger partial charge in [-0.1, -0.05) is 0 Å². The Morgan fingerprint density at radius 1 is 1.11 bits per heavy atom. The molecular weight excluding hydrogens is 252 g/mol. The van der Waals surface area contributed by atoms with Crippen LogP contribution in [0.25, 0.3) is 0 Å². The fraction of sp³-hybridized carbons (Fsp3) is 0.778. The third-order valence-electron chi connectivity index (χ3n) is 2.50. The van der Waals surface area contributed by atoms with Gasteiger partial charge in [-0.15, -0.1) is 0 Å². The lowest BCUT2D eigenvalue weighted by molar-refractivity contribution is -0.301. The minimum absolute atomic E-state index is 1.14. The molecule has 0 amide bonds. The maximum Gasteiger partial charge on any atom is 0.335 e. The number of carboxylic acid groups (broad SMARTS) is 2. The first-order chi connectivity index (χ1) is 8.25. The Bertz CT molecular complexity index is 330. The van der Waals surface area contributed by atoms with Crippen LogP contribution < -0.4 is 0 Å². The Balaban J connectivity index is 2.79. The van der Waals surface area contributed by atoms with E-state index < -0.39 is 48.7 Å². The number of aliphatic carboxylic acids is 2. The van der Waals surface area contributed by atoms with Crippen molar-refractivity contribution in [1.29, 1.82) is 0 Å². The molecule has 0 radical (unpaired) electrons. The van der Waals surface area contributed by atoms with E-state index in [0.29, 0.717) is 0 Å². The van der Waals surface area contributed by atoms with Crippen LogP contribution in [0.5, 0.6) is 0 Å². The summed E-state index contributed by atoms with van der Waals surface area (Å²) in [5.74, 6) is -2.91. The van der Waals surface area contributed by atoms with Gasteiger partial charge in [0.15, 0.2) is 18.5 Å². The number of rotatable bonds is 4. The van der Waals surface area contributed by atoms with E-state index in [2.05, 4.69) is 0 Å². The summed E-state index contributed by atoms with van der Waals surface area (Å²) in [4.78, 5) is 21.3. The molecule has 1 fully saturated rings. The van der Waals surface area contributed by atoms with Gasteiger partial charge in [0.05, 0.1) is 0 Å². The van der Waals surface area contributed by atoms with Gasteiger partial charge in [-0.2, -0.15) is 0 Å². The Kier molecular flexibility index (Phi) is 4.59. The van der Waals surface area contributed by atoms with Gasteiger partial charge in [0.25, 0.3) is 0 Å². The number of hydrogen-bond donors (Lipinski definition) is 5. The Morgan fingerprint density at radius 2 is 1.67 bits per heavy atom. The van der Waals surface area contributed by atoms with E-state index in [4.69, 9.17) is 19.7 Å². The molecular formula is C9H14O9. The fourth-order valence-corrected chi connectivity index (χ4v) is 1.42. The van der Waals surface area contributed by atoms with E-state index in [1.54, 1.807) is 0 Å². The molecule has 18 heavy (non-hydrogen) atoms. The molecule has 6 atom stereocenters. The van der Waals surface area contributed by atoms with Crippen LogP contribution in [-0.4, -0.2) is 74.3 Å². The summed E-state index contributed by atoms with van der Waals surface area (Å²) in [5, 5.41) is 45.6. The van der Waals surface area contributed by atoms with Crippen molar-refractivity contribution < 1.29 is 44.6 Å². The summed E-state index contributed by atoms with van der Waals surface area (Å²) < 4.78 is 9.48. The maximum atomic E-state index is 10.7. The number of hydrogen-bond acceptors (Lipinski definition) is 7. The molecule has 5 N–H and O–H groups in total. The van der Waals surface area contributed by atoms with E-state index in [1.165, 1.54) is 0 Å². The average molecular weight is 266 g/mol. The lowest BCUT2D eigenvalue weighted by atomic mass is 9.99. The quantitative estimate of drug-likeness (QED) is 0.367. The molecule has 4 unspecified atom stereocenters. The monoisotopic (exact) mass is 266 g/mol.